The van der Waals surface area contributed by atoms with Crippen LogP contribution in [0, 0.1) is 11.6 Å². The van der Waals surface area contributed by atoms with Crippen LogP contribution < -0.4 is 10.2 Å². The molecule has 0 aromatic heterocycles. The molecular formula is C15H19F2N3O2. The SMILES string of the molecule is CCN(CC)C(=O)CN1C(=O)C(C)Nc2cc(F)c(F)cc21. The summed E-state index contributed by atoms with van der Waals surface area (Å²) in [4.78, 5) is 27.3. The number of nitrogens with zero attached hydrogens (tertiary/aromatic N) is 2. The Hall–Kier alpha value is -2.18. The zero-order chi connectivity index (χ0) is 16.4. The first kappa shape index (κ1) is 16.2. The van der Waals surface area contributed by atoms with Gasteiger partial charge in [-0.15, -0.1) is 0 Å². The minimum atomic E-state index is -1.05. The number of rotatable bonds is 4. The molecule has 0 fully saturated rings. The van der Waals surface area contributed by atoms with Crippen LogP contribution >= 0.6 is 0 Å². The molecule has 22 heavy (non-hydrogen) atoms. The summed E-state index contributed by atoms with van der Waals surface area (Å²) < 4.78 is 26.9. The summed E-state index contributed by atoms with van der Waals surface area (Å²) in [7, 11) is 0. The van der Waals surface area contributed by atoms with Crippen molar-refractivity contribution in [3.63, 3.8) is 0 Å². The quantitative estimate of drug-likeness (QED) is 0.925. The number of hydrogen-bond acceptors (Lipinski definition) is 3. The Labute approximate surface area is 127 Å². The Kier molecular flexibility index (Phi) is 4.63. The third-order valence-electron chi connectivity index (χ3n) is 3.75. The first-order valence-electron chi connectivity index (χ1n) is 7.23. The molecule has 2 amide bonds. The van der Waals surface area contributed by atoms with Crippen molar-refractivity contribution in [1.29, 1.82) is 0 Å². The van der Waals surface area contributed by atoms with E-state index in [9.17, 15) is 18.4 Å². The number of halogens is 2. The van der Waals surface area contributed by atoms with E-state index in [0.29, 0.717) is 18.8 Å². The van der Waals surface area contributed by atoms with Crippen LogP contribution in [0.25, 0.3) is 0 Å². The molecule has 1 atom stereocenters. The normalized spacial score (nSPS) is 17.0. The van der Waals surface area contributed by atoms with Gasteiger partial charge in [0.15, 0.2) is 11.6 Å². The third-order valence-corrected chi connectivity index (χ3v) is 3.75. The fraction of sp³-hybridized carbons (Fsp3) is 0.467. The van der Waals surface area contributed by atoms with E-state index in [2.05, 4.69) is 5.32 Å². The maximum atomic E-state index is 13.5. The highest BCUT2D eigenvalue weighted by Crippen LogP contribution is 2.33. The summed E-state index contributed by atoms with van der Waals surface area (Å²) in [5.41, 5.74) is 0.487. The largest absolute Gasteiger partial charge is 0.372 e. The molecule has 0 saturated heterocycles. The van der Waals surface area contributed by atoms with E-state index in [-0.39, 0.29) is 24.0 Å². The van der Waals surface area contributed by atoms with Crippen molar-refractivity contribution in [2.75, 3.05) is 29.9 Å². The molecule has 0 aliphatic carbocycles. The fourth-order valence-corrected chi connectivity index (χ4v) is 2.50. The molecule has 7 heteroatoms. The van der Waals surface area contributed by atoms with Gasteiger partial charge in [-0.3, -0.25) is 14.5 Å². The molecule has 2 rings (SSSR count). The number of anilines is 2. The molecule has 5 nitrogen and oxygen atoms in total. The smallest absolute Gasteiger partial charge is 0.249 e. The molecule has 1 aliphatic heterocycles. The van der Waals surface area contributed by atoms with Gasteiger partial charge in [0.2, 0.25) is 11.8 Å². The highest BCUT2D eigenvalue weighted by Gasteiger charge is 2.32. The highest BCUT2D eigenvalue weighted by atomic mass is 19.2. The van der Waals surface area contributed by atoms with Gasteiger partial charge in [0.05, 0.1) is 11.4 Å². The number of hydrogen-bond donors (Lipinski definition) is 1. The van der Waals surface area contributed by atoms with Gasteiger partial charge in [-0.2, -0.15) is 0 Å². The average Bonchev–Trinajstić information content (AvgIpc) is 2.47. The van der Waals surface area contributed by atoms with E-state index in [1.807, 2.05) is 13.8 Å². The molecule has 1 aromatic rings. The van der Waals surface area contributed by atoms with Crippen molar-refractivity contribution in [3.8, 4) is 0 Å². The van der Waals surface area contributed by atoms with Crippen LogP contribution in [-0.2, 0) is 9.59 Å². The topological polar surface area (TPSA) is 52.7 Å². The van der Waals surface area contributed by atoms with Crippen LogP contribution in [0.4, 0.5) is 20.2 Å². The van der Waals surface area contributed by atoms with E-state index in [4.69, 9.17) is 0 Å². The molecule has 1 aromatic carbocycles. The van der Waals surface area contributed by atoms with Gasteiger partial charge < -0.3 is 10.2 Å². The minimum Gasteiger partial charge on any atom is -0.372 e. The van der Waals surface area contributed by atoms with Gasteiger partial charge in [0.25, 0.3) is 0 Å². The number of nitrogens with one attached hydrogen (secondary N) is 1. The van der Waals surface area contributed by atoms with Crippen molar-refractivity contribution >= 4 is 23.2 Å². The van der Waals surface area contributed by atoms with Crippen LogP contribution in [0.3, 0.4) is 0 Å². The van der Waals surface area contributed by atoms with Crippen molar-refractivity contribution in [1.82, 2.24) is 4.90 Å². The summed E-state index contributed by atoms with van der Waals surface area (Å²) >= 11 is 0. The molecule has 120 valence electrons. The highest BCUT2D eigenvalue weighted by molar-refractivity contribution is 6.07. The lowest BCUT2D eigenvalue weighted by atomic mass is 10.1. The lowest BCUT2D eigenvalue weighted by molar-refractivity contribution is -0.131. The van der Waals surface area contributed by atoms with Crippen LogP contribution in [0.15, 0.2) is 12.1 Å². The molecule has 0 saturated carbocycles. The Morgan fingerprint density at radius 2 is 1.86 bits per heavy atom. The Morgan fingerprint density at radius 3 is 2.45 bits per heavy atom. The van der Waals surface area contributed by atoms with Gasteiger partial charge >= 0.3 is 0 Å². The number of amides is 2. The number of fused-ring (bicyclic) bond motifs is 1. The lowest BCUT2D eigenvalue weighted by Gasteiger charge is -2.34. The summed E-state index contributed by atoms with van der Waals surface area (Å²) in [5.74, 6) is -2.63. The van der Waals surface area contributed by atoms with Crippen LogP contribution in [0.1, 0.15) is 20.8 Å². The lowest BCUT2D eigenvalue weighted by Crippen LogP contribution is -2.50. The standard InChI is InChI=1S/C15H19F2N3O2/c1-4-19(5-2)14(21)8-20-13-7-11(17)10(16)6-12(13)18-9(3)15(20)22/h6-7,9,18H,4-5,8H2,1-3H3. The van der Waals surface area contributed by atoms with Gasteiger partial charge in [-0.05, 0) is 20.8 Å². The fourth-order valence-electron chi connectivity index (χ4n) is 2.50. The van der Waals surface area contributed by atoms with E-state index in [1.165, 1.54) is 4.90 Å². The number of carbonyl (C=O) groups excluding carboxylic acids is 2. The van der Waals surface area contributed by atoms with Crippen LogP contribution in [0.2, 0.25) is 0 Å². The maximum Gasteiger partial charge on any atom is 0.249 e. The monoisotopic (exact) mass is 311 g/mol. The second kappa shape index (κ2) is 6.29. The van der Waals surface area contributed by atoms with Crippen LogP contribution in [-0.4, -0.2) is 42.4 Å². The first-order chi connectivity index (χ1) is 10.4. The zero-order valence-corrected chi connectivity index (χ0v) is 12.8. The second-order valence-corrected chi connectivity index (χ2v) is 5.14. The summed E-state index contributed by atoms with van der Waals surface area (Å²) in [5, 5.41) is 2.82. The minimum absolute atomic E-state index is 0.183. The average molecular weight is 311 g/mol. The predicted octanol–water partition coefficient (Wildman–Crippen LogP) is 1.98. The van der Waals surface area contributed by atoms with Crippen molar-refractivity contribution in [3.05, 3.63) is 23.8 Å². The van der Waals surface area contributed by atoms with E-state index in [0.717, 1.165) is 12.1 Å². The molecule has 0 spiro atoms. The first-order valence-corrected chi connectivity index (χ1v) is 7.23. The van der Waals surface area contributed by atoms with Gasteiger partial charge in [0, 0.05) is 25.2 Å². The van der Waals surface area contributed by atoms with Gasteiger partial charge in [-0.25, -0.2) is 8.78 Å². The molecule has 1 aliphatic rings. The summed E-state index contributed by atoms with van der Waals surface area (Å²) in [6.45, 7) is 6.15. The van der Waals surface area contributed by atoms with Gasteiger partial charge in [-0.1, -0.05) is 0 Å². The third kappa shape index (κ3) is 2.88. The summed E-state index contributed by atoms with van der Waals surface area (Å²) in [6, 6.07) is 1.33. The zero-order valence-electron chi connectivity index (χ0n) is 12.8. The molecule has 1 N–H and O–H groups in total. The molecule has 1 unspecified atom stereocenters. The molecule has 0 bridgehead atoms. The maximum absolute atomic E-state index is 13.5. The van der Waals surface area contributed by atoms with E-state index in [1.54, 1.807) is 11.8 Å². The van der Waals surface area contributed by atoms with Crippen LogP contribution in [0.5, 0.6) is 0 Å². The molecular weight excluding hydrogens is 292 g/mol. The molecule has 0 radical (unpaired) electrons. The Morgan fingerprint density at radius 1 is 1.27 bits per heavy atom. The summed E-state index contributed by atoms with van der Waals surface area (Å²) in [6.07, 6.45) is 0. The predicted molar refractivity (Wildman–Crippen MR) is 79.7 cm³/mol. The Bertz CT molecular complexity index is 603. The Balaban J connectivity index is 2.36. The van der Waals surface area contributed by atoms with E-state index < -0.39 is 17.7 Å². The second-order valence-electron chi connectivity index (χ2n) is 5.14. The van der Waals surface area contributed by atoms with Crippen molar-refractivity contribution in [2.24, 2.45) is 0 Å². The number of benzene rings is 1. The van der Waals surface area contributed by atoms with Crippen molar-refractivity contribution < 1.29 is 18.4 Å². The van der Waals surface area contributed by atoms with Gasteiger partial charge in [0.1, 0.15) is 12.6 Å². The number of carbonyl (C=O) groups is 2. The molecule has 1 heterocycles. The van der Waals surface area contributed by atoms with E-state index >= 15 is 0 Å². The van der Waals surface area contributed by atoms with Crippen molar-refractivity contribution in [2.45, 2.75) is 26.8 Å². The number of likely N-dealkylation sites (N-methyl/N-ethyl adjacent to an activating group) is 1.